The van der Waals surface area contributed by atoms with E-state index in [-0.39, 0.29) is 43.4 Å². The first-order chi connectivity index (χ1) is 1.00. The molecule has 0 N–H and O–H groups in total. The minimum Gasteiger partial charge on any atom is 0 e. The fraction of sp³-hybridized carbons (Fsp3) is 0. The molecule has 0 saturated carbocycles. The Morgan fingerprint density at radius 3 is 1.25 bits per heavy atom. The van der Waals surface area contributed by atoms with Gasteiger partial charge in [-0.15, -0.1) is 0 Å². The van der Waals surface area contributed by atoms with Crippen LogP contribution in [-0.2, 0) is 23.3 Å². The predicted octanol–water partition coefficient (Wildman–Crippen LogP) is -1.69. The van der Waals surface area contributed by atoms with Gasteiger partial charge in [-0.2, -0.15) is 0 Å². The van der Waals surface area contributed by atoms with Crippen LogP contribution in [0.4, 0.5) is 0 Å². The summed E-state index contributed by atoms with van der Waals surface area (Å²) in [6, 6.07) is 0. The van der Waals surface area contributed by atoms with Crippen LogP contribution >= 0.6 is 0 Å². The van der Waals surface area contributed by atoms with Gasteiger partial charge in [0.25, 0.3) is 0 Å². The molecule has 4 heteroatoms. The molecular formula is H3AlOSnZn. The molecule has 0 saturated heterocycles. The van der Waals surface area contributed by atoms with Crippen molar-refractivity contribution in [2.75, 3.05) is 0 Å². The fourth-order valence-electron chi connectivity index (χ4n) is 0. The first kappa shape index (κ1) is 17.1. The molecule has 0 bridgehead atoms. The standard InChI is InChI=1S/Al.O.Sn.Zn.3H. The minimum absolute atomic E-state index is 0. The van der Waals surface area contributed by atoms with Gasteiger partial charge >= 0.3 is 43.9 Å². The van der Waals surface area contributed by atoms with Gasteiger partial charge in [0, 0.05) is 19.5 Å². The monoisotopic (exact) mass is 230 g/mol. The molecule has 0 aromatic carbocycles. The maximum absolute atomic E-state index is 8.28. The maximum atomic E-state index is 8.28. The Labute approximate surface area is 62.9 Å². The van der Waals surface area contributed by atoms with Crippen LogP contribution in [0.15, 0.2) is 0 Å². The molecule has 18 valence electrons. The van der Waals surface area contributed by atoms with E-state index in [1.807, 2.05) is 0 Å². The van der Waals surface area contributed by atoms with Gasteiger partial charge in [-0.25, -0.2) is 0 Å². The van der Waals surface area contributed by atoms with Gasteiger partial charge < -0.3 is 0 Å². The van der Waals surface area contributed by atoms with E-state index >= 15 is 0 Å². The minimum atomic E-state index is 0. The fourth-order valence-corrected chi connectivity index (χ4v) is 0. The van der Waals surface area contributed by atoms with Crippen LogP contribution in [-0.4, -0.2) is 40.1 Å². The van der Waals surface area contributed by atoms with E-state index in [1.165, 1.54) is 0 Å². The van der Waals surface area contributed by atoms with Gasteiger partial charge in [0.15, 0.2) is 0 Å². The Bertz CT molecular complexity index is 8.00. The van der Waals surface area contributed by atoms with Crippen molar-refractivity contribution in [1.82, 2.24) is 0 Å². The van der Waals surface area contributed by atoms with Gasteiger partial charge in [0.05, 0.1) is 0 Å². The van der Waals surface area contributed by atoms with E-state index in [4.69, 9.17) is 3.80 Å². The third-order valence-corrected chi connectivity index (χ3v) is 0. The van der Waals surface area contributed by atoms with Gasteiger partial charge in [-0.3, -0.25) is 0 Å². The summed E-state index contributed by atoms with van der Waals surface area (Å²) in [7, 11) is 0. The molecule has 0 aromatic heterocycles. The first-order valence-corrected chi connectivity index (χ1v) is 0.866. The van der Waals surface area contributed by atoms with Gasteiger partial charge in [0.1, 0.15) is 0 Å². The van der Waals surface area contributed by atoms with Crippen LogP contribution < -0.4 is 0 Å². The van der Waals surface area contributed by atoms with Crippen molar-refractivity contribution in [2.45, 2.75) is 0 Å². The zero-order chi connectivity index (χ0) is 2.00. The zero-order valence-corrected chi connectivity index (χ0v) is 10.9. The molecule has 4 heavy (non-hydrogen) atoms. The summed E-state index contributed by atoms with van der Waals surface area (Å²) in [5.41, 5.74) is 0. The number of hydrogen-bond donors (Lipinski definition) is 0. The van der Waals surface area contributed by atoms with Crippen LogP contribution in [0.2, 0.25) is 0 Å². The summed E-state index contributed by atoms with van der Waals surface area (Å²) in [6.07, 6.45) is 0. The molecule has 0 amide bonds. The Balaban J connectivity index is -0.00000000500. The van der Waals surface area contributed by atoms with Crippen molar-refractivity contribution >= 4 is 40.1 Å². The summed E-state index contributed by atoms with van der Waals surface area (Å²) in [5, 5.41) is 0. The second-order valence-corrected chi connectivity index (χ2v) is 0. The van der Waals surface area contributed by atoms with Crippen LogP contribution in [0.5, 0.6) is 0 Å². The molecule has 0 aliphatic rings. The van der Waals surface area contributed by atoms with E-state index in [1.54, 1.807) is 0 Å². The van der Waals surface area contributed by atoms with Crippen molar-refractivity contribution in [3.8, 4) is 0 Å². The normalized spacial score (nSPS) is 0.750. The molecule has 0 aliphatic carbocycles. The van der Waals surface area contributed by atoms with Gasteiger partial charge in [-0.05, 0) is 0 Å². The molecule has 0 unspecified atom stereocenters. The summed E-state index contributed by atoms with van der Waals surface area (Å²) < 4.78 is 8.28. The van der Waals surface area contributed by atoms with Crippen LogP contribution in [0.3, 0.4) is 0 Å². The van der Waals surface area contributed by atoms with Crippen molar-refractivity contribution in [3.63, 3.8) is 0 Å². The van der Waals surface area contributed by atoms with Gasteiger partial charge in [0.2, 0.25) is 0 Å². The zero-order valence-electron chi connectivity index (χ0n) is 2.53. The Morgan fingerprint density at radius 1 is 1.25 bits per heavy atom. The third kappa shape index (κ3) is 9.25. The summed E-state index contributed by atoms with van der Waals surface area (Å²) in [4.78, 5) is 0. The van der Waals surface area contributed by atoms with E-state index in [2.05, 4.69) is 0 Å². The molecule has 0 aromatic rings. The molecule has 0 atom stereocenters. The summed E-state index contributed by atoms with van der Waals surface area (Å²) in [6.45, 7) is 0. The SMILES string of the molecule is [O]=[AlH].[SnH2].[Zn]. The average Bonchev–Trinajstić information content (AvgIpc) is 1.00. The Hall–Kier alpha value is 1.75. The van der Waals surface area contributed by atoms with Crippen molar-refractivity contribution < 1.29 is 23.3 Å². The van der Waals surface area contributed by atoms with E-state index < -0.39 is 0 Å². The molecule has 0 rings (SSSR count). The third-order valence-electron chi connectivity index (χ3n) is 0. The van der Waals surface area contributed by atoms with Crippen molar-refractivity contribution in [2.24, 2.45) is 0 Å². The largest absolute Gasteiger partial charge is 0 e. The molecule has 0 spiro atoms. The second-order valence-electron chi connectivity index (χ2n) is 0. The first-order valence-electron chi connectivity index (χ1n) is 0.289. The molecule has 1 nitrogen and oxygen atoms in total. The molecule has 2 radical (unpaired) electrons. The molecule has 0 fully saturated rings. The summed E-state index contributed by atoms with van der Waals surface area (Å²) in [5.74, 6) is 0. The Morgan fingerprint density at radius 2 is 1.25 bits per heavy atom. The van der Waals surface area contributed by atoms with Crippen LogP contribution in [0, 0.1) is 0 Å². The van der Waals surface area contributed by atoms with E-state index in [0.717, 1.165) is 0 Å². The second kappa shape index (κ2) is 21.8. The molecule has 0 heterocycles. The average molecular weight is 230 g/mol. The van der Waals surface area contributed by atoms with Crippen molar-refractivity contribution in [1.29, 1.82) is 0 Å². The number of rotatable bonds is 0. The van der Waals surface area contributed by atoms with E-state index in [9.17, 15) is 0 Å². The quantitative estimate of drug-likeness (QED) is 0.454. The molecular weight excluding hydrogens is 227 g/mol. The van der Waals surface area contributed by atoms with Crippen molar-refractivity contribution in [3.05, 3.63) is 0 Å². The number of hydrogen-bond acceptors (Lipinski definition) is 1. The Kier molecular flexibility index (Phi) is 93.3. The maximum Gasteiger partial charge on any atom is 0 e. The topological polar surface area (TPSA) is 17.1 Å². The van der Waals surface area contributed by atoms with E-state index in [0.29, 0.717) is 16.2 Å². The van der Waals surface area contributed by atoms with Crippen LogP contribution in [0.25, 0.3) is 0 Å². The van der Waals surface area contributed by atoms with Crippen LogP contribution in [0.1, 0.15) is 0 Å². The predicted molar refractivity (Wildman–Crippen MR) is 16.4 cm³/mol. The van der Waals surface area contributed by atoms with Gasteiger partial charge in [-0.1, -0.05) is 0 Å². The summed E-state index contributed by atoms with van der Waals surface area (Å²) >= 11 is 0.611. The molecule has 0 aliphatic heterocycles. The smallest absolute Gasteiger partial charge is 0 e.